The minimum Gasteiger partial charge on any atom is -0.326 e. The molecule has 12 heavy (non-hydrogen) atoms. The molecule has 0 aliphatic rings. The van der Waals surface area contributed by atoms with E-state index in [0.717, 1.165) is 0 Å². The summed E-state index contributed by atoms with van der Waals surface area (Å²) in [6.45, 7) is 0.640. The van der Waals surface area contributed by atoms with E-state index in [9.17, 15) is 0 Å². The van der Waals surface area contributed by atoms with Gasteiger partial charge >= 0.3 is 0 Å². The lowest BCUT2D eigenvalue weighted by Crippen LogP contribution is -1.94. The molecule has 1 rings (SSSR count). The fourth-order valence-electron chi connectivity index (χ4n) is 0.614. The van der Waals surface area contributed by atoms with Crippen LogP contribution < -0.4 is 5.73 Å². The molecule has 0 spiro atoms. The topological polar surface area (TPSA) is 26.0 Å². The molecule has 0 saturated heterocycles. The maximum absolute atomic E-state index is 5.35. The SMILES string of the molecule is Cl.Cl.Cl.NCc1ccccc1.[B]. The molecule has 3 radical (unpaired) electrons. The van der Waals surface area contributed by atoms with Crippen molar-refractivity contribution in [3.05, 3.63) is 35.9 Å². The molecule has 5 heteroatoms. The van der Waals surface area contributed by atoms with Gasteiger partial charge in [0.15, 0.2) is 0 Å². The lowest BCUT2D eigenvalue weighted by molar-refractivity contribution is 1.07. The molecule has 1 aromatic rings. The van der Waals surface area contributed by atoms with Crippen LogP contribution in [0.1, 0.15) is 5.56 Å². The van der Waals surface area contributed by atoms with E-state index in [2.05, 4.69) is 0 Å². The van der Waals surface area contributed by atoms with Crippen molar-refractivity contribution >= 4 is 45.6 Å². The van der Waals surface area contributed by atoms with Crippen molar-refractivity contribution in [3.8, 4) is 0 Å². The zero-order chi connectivity index (χ0) is 5.82. The average molecular weight is 227 g/mol. The second-order valence-corrected chi connectivity index (χ2v) is 1.69. The quantitative estimate of drug-likeness (QED) is 0.730. The van der Waals surface area contributed by atoms with Crippen molar-refractivity contribution in [3.63, 3.8) is 0 Å². The largest absolute Gasteiger partial charge is 0.326 e. The Balaban J connectivity index is -0.0000000800. The second-order valence-electron chi connectivity index (χ2n) is 1.69. The molecule has 0 aliphatic heterocycles. The van der Waals surface area contributed by atoms with Gasteiger partial charge in [0.1, 0.15) is 0 Å². The Morgan fingerprint density at radius 2 is 1.33 bits per heavy atom. The third kappa shape index (κ3) is 8.21. The molecular formula is C7H12BCl3N. The van der Waals surface area contributed by atoms with E-state index >= 15 is 0 Å². The molecule has 0 atom stereocenters. The third-order valence-electron chi connectivity index (χ3n) is 1.08. The molecule has 0 saturated carbocycles. The van der Waals surface area contributed by atoms with Gasteiger partial charge in [0, 0.05) is 15.0 Å². The molecule has 0 heterocycles. The minimum absolute atomic E-state index is 0. The number of rotatable bonds is 1. The highest BCUT2D eigenvalue weighted by molar-refractivity contribution is 5.86. The Labute approximate surface area is 93.9 Å². The Hall–Kier alpha value is 0.115. The zero-order valence-electron chi connectivity index (χ0n) is 6.47. The van der Waals surface area contributed by atoms with Crippen LogP contribution in [0.15, 0.2) is 30.3 Å². The summed E-state index contributed by atoms with van der Waals surface area (Å²) in [6, 6.07) is 9.99. The smallest absolute Gasteiger partial charge is 0.0178 e. The van der Waals surface area contributed by atoms with Crippen molar-refractivity contribution in [2.75, 3.05) is 0 Å². The lowest BCUT2D eigenvalue weighted by atomic mass is 10.2. The van der Waals surface area contributed by atoms with Crippen molar-refractivity contribution in [1.82, 2.24) is 0 Å². The molecule has 0 bridgehead atoms. The lowest BCUT2D eigenvalue weighted by Gasteiger charge is -1.90. The van der Waals surface area contributed by atoms with Crippen LogP contribution in [0, 0.1) is 0 Å². The van der Waals surface area contributed by atoms with Gasteiger partial charge in [-0.15, -0.1) is 37.2 Å². The van der Waals surface area contributed by atoms with Crippen LogP contribution in [0.5, 0.6) is 0 Å². The molecule has 2 N–H and O–H groups in total. The second kappa shape index (κ2) is 13.7. The number of benzene rings is 1. The maximum atomic E-state index is 5.35. The summed E-state index contributed by atoms with van der Waals surface area (Å²) < 4.78 is 0. The van der Waals surface area contributed by atoms with Crippen LogP contribution in [-0.4, -0.2) is 8.41 Å². The normalized spacial score (nSPS) is 6.08. The van der Waals surface area contributed by atoms with Gasteiger partial charge in [0.25, 0.3) is 0 Å². The van der Waals surface area contributed by atoms with Gasteiger partial charge in [-0.05, 0) is 5.56 Å². The van der Waals surface area contributed by atoms with Crippen LogP contribution in [-0.2, 0) is 6.54 Å². The molecule has 0 fully saturated rings. The van der Waals surface area contributed by atoms with Crippen LogP contribution >= 0.6 is 37.2 Å². The highest BCUT2D eigenvalue weighted by atomic mass is 35.5. The zero-order valence-corrected chi connectivity index (χ0v) is 8.92. The van der Waals surface area contributed by atoms with Gasteiger partial charge in [-0.2, -0.15) is 0 Å². The predicted octanol–water partition coefficient (Wildman–Crippen LogP) is 2.03. The van der Waals surface area contributed by atoms with E-state index in [4.69, 9.17) is 5.73 Å². The molecule has 69 valence electrons. The van der Waals surface area contributed by atoms with Crippen molar-refractivity contribution < 1.29 is 0 Å². The first kappa shape index (κ1) is 22.7. The fraction of sp³-hybridized carbons (Fsp3) is 0.143. The van der Waals surface area contributed by atoms with E-state index < -0.39 is 0 Å². The molecule has 0 unspecified atom stereocenters. The van der Waals surface area contributed by atoms with Crippen molar-refractivity contribution in [2.45, 2.75) is 6.54 Å². The number of hydrogen-bond acceptors (Lipinski definition) is 1. The van der Waals surface area contributed by atoms with Gasteiger partial charge in [-0.25, -0.2) is 0 Å². The van der Waals surface area contributed by atoms with Crippen LogP contribution in [0.25, 0.3) is 0 Å². The monoisotopic (exact) mass is 226 g/mol. The predicted molar refractivity (Wildman–Crippen MR) is 61.8 cm³/mol. The van der Waals surface area contributed by atoms with Gasteiger partial charge in [0.05, 0.1) is 0 Å². The van der Waals surface area contributed by atoms with E-state index in [1.165, 1.54) is 5.56 Å². The summed E-state index contributed by atoms with van der Waals surface area (Å²) in [7, 11) is 0. The fourth-order valence-corrected chi connectivity index (χ4v) is 0.614. The summed E-state index contributed by atoms with van der Waals surface area (Å²) in [4.78, 5) is 0. The van der Waals surface area contributed by atoms with Gasteiger partial charge < -0.3 is 5.73 Å². The van der Waals surface area contributed by atoms with Gasteiger partial charge in [-0.1, -0.05) is 30.3 Å². The summed E-state index contributed by atoms with van der Waals surface area (Å²) in [5.41, 5.74) is 6.54. The molecule has 1 nitrogen and oxygen atoms in total. The first-order chi connectivity index (χ1) is 3.93. The van der Waals surface area contributed by atoms with E-state index in [0.29, 0.717) is 6.54 Å². The Kier molecular flexibility index (Phi) is 25.9. The summed E-state index contributed by atoms with van der Waals surface area (Å²) in [6.07, 6.45) is 0. The standard InChI is InChI=1S/C7H9N.B.3ClH/c8-6-7-4-2-1-3-5-7;;;;/h1-5H,6,8H2;;3*1H. The summed E-state index contributed by atoms with van der Waals surface area (Å²) in [5.74, 6) is 0. The van der Waals surface area contributed by atoms with Crippen LogP contribution in [0.2, 0.25) is 0 Å². The third-order valence-corrected chi connectivity index (χ3v) is 1.08. The highest BCUT2D eigenvalue weighted by Gasteiger charge is 1.80. The first-order valence-electron chi connectivity index (χ1n) is 2.67. The molecule has 1 aromatic carbocycles. The molecular weight excluding hydrogens is 215 g/mol. The van der Waals surface area contributed by atoms with Crippen LogP contribution in [0.4, 0.5) is 0 Å². The molecule has 0 amide bonds. The average Bonchev–Trinajstić information content (AvgIpc) is 1.90. The number of hydrogen-bond donors (Lipinski definition) is 1. The summed E-state index contributed by atoms with van der Waals surface area (Å²) in [5, 5.41) is 0. The van der Waals surface area contributed by atoms with Gasteiger partial charge in [-0.3, -0.25) is 0 Å². The minimum atomic E-state index is 0. The van der Waals surface area contributed by atoms with E-state index in [1.807, 2.05) is 30.3 Å². The molecule has 0 aliphatic carbocycles. The van der Waals surface area contributed by atoms with Crippen molar-refractivity contribution in [1.29, 1.82) is 0 Å². The Bertz CT molecular complexity index is 160. The van der Waals surface area contributed by atoms with Gasteiger partial charge in [0.2, 0.25) is 0 Å². The maximum Gasteiger partial charge on any atom is 0.0178 e. The number of nitrogens with two attached hydrogens (primary N) is 1. The Morgan fingerprint density at radius 3 is 1.58 bits per heavy atom. The van der Waals surface area contributed by atoms with E-state index in [1.54, 1.807) is 0 Å². The number of halogens is 3. The summed E-state index contributed by atoms with van der Waals surface area (Å²) >= 11 is 0. The molecule has 0 aromatic heterocycles. The van der Waals surface area contributed by atoms with Crippen LogP contribution in [0.3, 0.4) is 0 Å². The first-order valence-corrected chi connectivity index (χ1v) is 2.67. The van der Waals surface area contributed by atoms with E-state index in [-0.39, 0.29) is 45.6 Å². The highest BCUT2D eigenvalue weighted by Crippen LogP contribution is 1.94. The van der Waals surface area contributed by atoms with Crippen molar-refractivity contribution in [2.24, 2.45) is 5.73 Å². The Morgan fingerprint density at radius 1 is 0.917 bits per heavy atom.